The molecule has 126 valence electrons. The fourth-order valence-electron chi connectivity index (χ4n) is 3.75. The van der Waals surface area contributed by atoms with Gasteiger partial charge in [-0.3, -0.25) is 9.59 Å². The first-order chi connectivity index (χ1) is 10.1. The maximum absolute atomic E-state index is 12.4. The molecule has 0 aromatic rings. The molecule has 0 radical (unpaired) electrons. The number of hydrogen-bond acceptors (Lipinski definition) is 3. The first kappa shape index (κ1) is 17.3. The number of likely N-dealkylation sites (tertiary alicyclic amines) is 1. The molecule has 1 unspecified atom stereocenters. The van der Waals surface area contributed by atoms with E-state index in [1.54, 1.807) is 0 Å². The maximum atomic E-state index is 12.4. The number of hydrogen-bond donors (Lipinski definition) is 0. The molecule has 0 bridgehead atoms. The number of rotatable bonds is 3. The van der Waals surface area contributed by atoms with Gasteiger partial charge in [0.15, 0.2) is 0 Å². The van der Waals surface area contributed by atoms with Crippen molar-refractivity contribution in [3.63, 3.8) is 0 Å². The molecule has 2 saturated heterocycles. The van der Waals surface area contributed by atoms with Crippen LogP contribution >= 0.6 is 0 Å². The maximum Gasteiger partial charge on any atom is 0.249 e. The van der Waals surface area contributed by atoms with Gasteiger partial charge in [0.05, 0.1) is 6.61 Å². The van der Waals surface area contributed by atoms with E-state index in [9.17, 15) is 9.59 Å². The molecule has 2 aliphatic rings. The van der Waals surface area contributed by atoms with Gasteiger partial charge >= 0.3 is 0 Å². The largest absolute Gasteiger partial charge is 0.370 e. The van der Waals surface area contributed by atoms with Crippen LogP contribution in [0.2, 0.25) is 0 Å². The number of carbonyl (C=O) groups excluding carboxylic acids is 2. The summed E-state index contributed by atoms with van der Waals surface area (Å²) in [5, 5.41) is 0. The minimum absolute atomic E-state index is 0.0645. The fourth-order valence-corrected chi connectivity index (χ4v) is 3.75. The predicted octanol–water partition coefficient (Wildman–Crippen LogP) is 2.05. The van der Waals surface area contributed by atoms with E-state index in [-0.39, 0.29) is 29.5 Å². The van der Waals surface area contributed by atoms with Crippen molar-refractivity contribution in [2.24, 2.45) is 5.92 Å². The number of morpholine rings is 1. The highest BCUT2D eigenvalue weighted by Gasteiger charge is 2.38. The topological polar surface area (TPSA) is 49.9 Å². The highest BCUT2D eigenvalue weighted by molar-refractivity contribution is 5.79. The lowest BCUT2D eigenvalue weighted by molar-refractivity contribution is -0.151. The summed E-state index contributed by atoms with van der Waals surface area (Å²) >= 11 is 0. The van der Waals surface area contributed by atoms with Crippen molar-refractivity contribution in [3.05, 3.63) is 0 Å². The zero-order chi connectivity index (χ0) is 16.5. The van der Waals surface area contributed by atoms with Gasteiger partial charge in [0.25, 0.3) is 0 Å². The highest BCUT2D eigenvalue weighted by atomic mass is 16.5. The Bertz CT molecular complexity index is 440. The molecule has 0 N–H and O–H groups in total. The molecule has 5 heteroatoms. The van der Waals surface area contributed by atoms with Crippen molar-refractivity contribution in [1.82, 2.24) is 9.80 Å². The summed E-state index contributed by atoms with van der Waals surface area (Å²) in [6.45, 7) is 12.7. The highest BCUT2D eigenvalue weighted by Crippen LogP contribution is 2.33. The van der Waals surface area contributed by atoms with Crippen molar-refractivity contribution >= 4 is 11.8 Å². The van der Waals surface area contributed by atoms with E-state index in [2.05, 4.69) is 34.6 Å². The molecule has 2 fully saturated rings. The third-order valence-corrected chi connectivity index (χ3v) is 4.84. The number of carbonyl (C=O) groups is 2. The quantitative estimate of drug-likeness (QED) is 0.801. The Morgan fingerprint density at radius 1 is 1.05 bits per heavy atom. The van der Waals surface area contributed by atoms with Crippen LogP contribution in [0.15, 0.2) is 0 Å². The second-order valence-electron chi connectivity index (χ2n) is 8.19. The third kappa shape index (κ3) is 3.80. The molecule has 0 aromatic heterocycles. The monoisotopic (exact) mass is 310 g/mol. The van der Waals surface area contributed by atoms with Crippen molar-refractivity contribution in [1.29, 1.82) is 0 Å². The third-order valence-electron chi connectivity index (χ3n) is 4.84. The van der Waals surface area contributed by atoms with Crippen molar-refractivity contribution < 1.29 is 14.3 Å². The summed E-state index contributed by atoms with van der Waals surface area (Å²) < 4.78 is 5.21. The average Bonchev–Trinajstić information content (AvgIpc) is 2.36. The van der Waals surface area contributed by atoms with Crippen LogP contribution in [0, 0.1) is 5.92 Å². The Morgan fingerprint density at radius 2 is 1.73 bits per heavy atom. The Morgan fingerprint density at radius 3 is 2.27 bits per heavy atom. The summed E-state index contributed by atoms with van der Waals surface area (Å²) in [5.41, 5.74) is -0.312. The zero-order valence-electron chi connectivity index (χ0n) is 14.6. The van der Waals surface area contributed by atoms with Crippen LogP contribution in [-0.2, 0) is 14.3 Å². The van der Waals surface area contributed by atoms with E-state index in [4.69, 9.17) is 4.74 Å². The van der Waals surface area contributed by atoms with E-state index in [1.165, 1.54) is 0 Å². The molecule has 1 atom stereocenters. The van der Waals surface area contributed by atoms with Crippen LogP contribution in [0.1, 0.15) is 53.9 Å². The Hall–Kier alpha value is -1.10. The van der Waals surface area contributed by atoms with Gasteiger partial charge in [-0.15, -0.1) is 0 Å². The second kappa shape index (κ2) is 6.19. The van der Waals surface area contributed by atoms with E-state index in [0.29, 0.717) is 25.5 Å². The van der Waals surface area contributed by atoms with Gasteiger partial charge in [0.2, 0.25) is 11.8 Å². The van der Waals surface area contributed by atoms with Crippen LogP contribution in [0.4, 0.5) is 0 Å². The second-order valence-corrected chi connectivity index (χ2v) is 8.19. The van der Waals surface area contributed by atoms with Crippen LogP contribution in [-0.4, -0.2) is 59.0 Å². The molecular weight excluding hydrogens is 280 g/mol. The fraction of sp³-hybridized carbons (Fsp3) is 0.882. The minimum atomic E-state index is -0.213. The van der Waals surface area contributed by atoms with E-state index in [0.717, 1.165) is 19.4 Å². The molecule has 0 aliphatic carbocycles. The number of amides is 2. The zero-order valence-corrected chi connectivity index (χ0v) is 14.6. The van der Waals surface area contributed by atoms with Crippen LogP contribution < -0.4 is 0 Å². The molecule has 2 amide bonds. The van der Waals surface area contributed by atoms with Gasteiger partial charge in [-0.2, -0.15) is 0 Å². The van der Waals surface area contributed by atoms with E-state index < -0.39 is 0 Å². The predicted molar refractivity (Wildman–Crippen MR) is 85.4 cm³/mol. The van der Waals surface area contributed by atoms with Crippen LogP contribution in [0.25, 0.3) is 0 Å². The summed E-state index contributed by atoms with van der Waals surface area (Å²) in [6.07, 6.45) is 2.49. The van der Waals surface area contributed by atoms with Crippen molar-refractivity contribution in [2.75, 3.05) is 26.3 Å². The lowest BCUT2D eigenvalue weighted by Gasteiger charge is -2.45. The van der Waals surface area contributed by atoms with Crippen LogP contribution in [0.3, 0.4) is 0 Å². The van der Waals surface area contributed by atoms with E-state index >= 15 is 0 Å². The number of ether oxygens (including phenoxy) is 1. The Balaban J connectivity index is 1.96. The minimum Gasteiger partial charge on any atom is -0.370 e. The smallest absolute Gasteiger partial charge is 0.249 e. The molecule has 22 heavy (non-hydrogen) atoms. The number of piperidine rings is 1. The lowest BCUT2D eigenvalue weighted by Crippen LogP contribution is -2.55. The molecule has 0 spiro atoms. The molecule has 2 aliphatic heterocycles. The Labute approximate surface area is 134 Å². The molecule has 5 nitrogen and oxygen atoms in total. The van der Waals surface area contributed by atoms with Gasteiger partial charge in [-0.25, -0.2) is 0 Å². The SMILES string of the molecule is CC(C)(C)N1CCC(CC(C)(C)N2CCOCC2=O)CC1=O. The molecule has 2 rings (SSSR count). The summed E-state index contributed by atoms with van der Waals surface area (Å²) in [6, 6.07) is 0. The normalized spacial score (nSPS) is 24.9. The van der Waals surface area contributed by atoms with E-state index in [1.807, 2.05) is 9.80 Å². The first-order valence-electron chi connectivity index (χ1n) is 8.30. The van der Waals surface area contributed by atoms with Crippen molar-refractivity contribution in [2.45, 2.75) is 65.0 Å². The summed E-state index contributed by atoms with van der Waals surface area (Å²) in [4.78, 5) is 28.4. The van der Waals surface area contributed by atoms with Gasteiger partial charge in [0.1, 0.15) is 6.61 Å². The molecule has 2 heterocycles. The van der Waals surface area contributed by atoms with Crippen molar-refractivity contribution in [3.8, 4) is 0 Å². The molecule has 0 aromatic carbocycles. The first-order valence-corrected chi connectivity index (χ1v) is 8.30. The van der Waals surface area contributed by atoms with Crippen LogP contribution in [0.5, 0.6) is 0 Å². The molecular formula is C17H30N2O3. The van der Waals surface area contributed by atoms with Gasteiger partial charge in [-0.1, -0.05) is 0 Å². The van der Waals surface area contributed by atoms with Gasteiger partial charge in [-0.05, 0) is 53.4 Å². The lowest BCUT2D eigenvalue weighted by atomic mass is 9.82. The standard InChI is InChI=1S/C17H30N2O3/c1-16(2,3)18-7-6-13(10-14(18)20)11-17(4,5)19-8-9-22-12-15(19)21/h13H,6-12H2,1-5H3. The summed E-state index contributed by atoms with van der Waals surface area (Å²) in [7, 11) is 0. The average molecular weight is 310 g/mol. The van der Waals surface area contributed by atoms with Gasteiger partial charge in [0, 0.05) is 30.6 Å². The number of nitrogens with zero attached hydrogens (tertiary/aromatic N) is 2. The molecule has 0 saturated carbocycles. The Kier molecular flexibility index (Phi) is 4.85. The van der Waals surface area contributed by atoms with Gasteiger partial charge < -0.3 is 14.5 Å². The summed E-state index contributed by atoms with van der Waals surface area (Å²) in [5.74, 6) is 0.666.